The van der Waals surface area contributed by atoms with Gasteiger partial charge in [-0.05, 0) is 42.8 Å². The maximum Gasteiger partial charge on any atom is 0.435 e. The number of halogens is 4. The van der Waals surface area contributed by atoms with Crippen molar-refractivity contribution in [2.24, 2.45) is 4.99 Å². The number of anilines is 1. The molecule has 0 bridgehead atoms. The fourth-order valence-corrected chi connectivity index (χ4v) is 3.18. The molecule has 0 unspecified atom stereocenters. The molecular formula is C19H14ClF3N4. The lowest BCUT2D eigenvalue weighted by Gasteiger charge is -2.27. The molecule has 2 aromatic heterocycles. The highest BCUT2D eigenvalue weighted by atomic mass is 35.5. The van der Waals surface area contributed by atoms with Gasteiger partial charge in [0.15, 0.2) is 11.5 Å². The molecule has 1 aromatic carbocycles. The van der Waals surface area contributed by atoms with Gasteiger partial charge >= 0.3 is 6.18 Å². The summed E-state index contributed by atoms with van der Waals surface area (Å²) in [6.07, 6.45) is 0.216. The number of benzene rings is 1. The number of hydrogen-bond donors (Lipinski definition) is 0. The molecule has 1 aliphatic rings. The van der Waals surface area contributed by atoms with Gasteiger partial charge in [-0.25, -0.2) is 9.98 Å². The fourth-order valence-electron chi connectivity index (χ4n) is 3.01. The monoisotopic (exact) mass is 390 g/mol. The second-order valence-electron chi connectivity index (χ2n) is 6.12. The average molecular weight is 391 g/mol. The molecule has 4 nitrogen and oxygen atoms in total. The first-order chi connectivity index (χ1) is 12.9. The Bertz CT molecular complexity index is 1080. The molecule has 138 valence electrons. The summed E-state index contributed by atoms with van der Waals surface area (Å²) in [5, 5.41) is 0.538. The molecule has 3 heterocycles. The number of aryl methyl sites for hydroxylation is 1. The molecule has 0 amide bonds. The van der Waals surface area contributed by atoms with E-state index in [1.807, 2.05) is 19.1 Å². The SMILES string of the molecule is Cc1ccc(N2CC=CN=C2c2c(C(F)(F)F)nc3ccccn23)cc1Cl. The number of aliphatic imine (C=N–C) groups is 1. The minimum absolute atomic E-state index is 0.0980. The molecule has 1 aliphatic heterocycles. The first-order valence-corrected chi connectivity index (χ1v) is 8.55. The normalized spacial score (nSPS) is 14.7. The molecule has 0 N–H and O–H groups in total. The number of pyridine rings is 1. The summed E-state index contributed by atoms with van der Waals surface area (Å²) in [5.41, 5.74) is 0.689. The molecule has 0 aliphatic carbocycles. The van der Waals surface area contributed by atoms with Crippen molar-refractivity contribution in [2.75, 3.05) is 11.4 Å². The number of aromatic nitrogens is 2. The second kappa shape index (κ2) is 6.42. The van der Waals surface area contributed by atoms with Crippen molar-refractivity contribution in [3.63, 3.8) is 0 Å². The minimum atomic E-state index is -4.61. The minimum Gasteiger partial charge on any atom is -0.321 e. The van der Waals surface area contributed by atoms with Crippen LogP contribution >= 0.6 is 11.6 Å². The van der Waals surface area contributed by atoms with E-state index in [1.54, 1.807) is 35.4 Å². The van der Waals surface area contributed by atoms with Gasteiger partial charge in [0, 0.05) is 29.7 Å². The van der Waals surface area contributed by atoms with Crippen molar-refractivity contribution in [2.45, 2.75) is 13.1 Å². The first-order valence-electron chi connectivity index (χ1n) is 8.17. The summed E-state index contributed by atoms with van der Waals surface area (Å²) in [4.78, 5) is 9.75. The van der Waals surface area contributed by atoms with Crippen LogP contribution in [0.4, 0.5) is 18.9 Å². The van der Waals surface area contributed by atoms with Crippen molar-refractivity contribution in [3.8, 4) is 0 Å². The fraction of sp³-hybridized carbons (Fsp3) is 0.158. The van der Waals surface area contributed by atoms with Crippen LogP contribution in [0.15, 0.2) is 59.9 Å². The number of amidine groups is 1. The van der Waals surface area contributed by atoms with Gasteiger partial charge in [-0.1, -0.05) is 23.7 Å². The summed E-state index contributed by atoms with van der Waals surface area (Å²) in [5.74, 6) is 0.170. The zero-order chi connectivity index (χ0) is 19.2. The van der Waals surface area contributed by atoms with E-state index in [0.717, 1.165) is 5.56 Å². The van der Waals surface area contributed by atoms with E-state index in [9.17, 15) is 13.2 Å². The van der Waals surface area contributed by atoms with E-state index < -0.39 is 11.9 Å². The van der Waals surface area contributed by atoms with Crippen molar-refractivity contribution in [1.29, 1.82) is 0 Å². The summed E-state index contributed by atoms with van der Waals surface area (Å²) in [6, 6.07) is 10.2. The van der Waals surface area contributed by atoms with Crippen molar-refractivity contribution < 1.29 is 13.2 Å². The molecule has 0 saturated carbocycles. The molecule has 8 heteroatoms. The Hall–Kier alpha value is -2.80. The van der Waals surface area contributed by atoms with Gasteiger partial charge in [-0.2, -0.15) is 13.2 Å². The number of fused-ring (bicyclic) bond motifs is 1. The third-order valence-corrected chi connectivity index (χ3v) is 4.73. The number of alkyl halides is 3. The highest BCUT2D eigenvalue weighted by Gasteiger charge is 2.40. The summed E-state index contributed by atoms with van der Waals surface area (Å²) in [7, 11) is 0. The number of hydrogen-bond acceptors (Lipinski definition) is 3. The average Bonchev–Trinajstić information content (AvgIpc) is 3.04. The van der Waals surface area contributed by atoms with E-state index in [0.29, 0.717) is 17.3 Å². The first kappa shape index (κ1) is 17.6. The summed E-state index contributed by atoms with van der Waals surface area (Å²) in [6.45, 7) is 2.24. The molecule has 0 spiro atoms. The van der Waals surface area contributed by atoms with Gasteiger partial charge in [0.05, 0.1) is 0 Å². The molecule has 0 atom stereocenters. The van der Waals surface area contributed by atoms with Crippen LogP contribution in [0.2, 0.25) is 5.02 Å². The Kier molecular flexibility index (Phi) is 4.19. The largest absolute Gasteiger partial charge is 0.435 e. The maximum absolute atomic E-state index is 13.7. The van der Waals surface area contributed by atoms with Gasteiger partial charge in [0.1, 0.15) is 11.3 Å². The van der Waals surface area contributed by atoms with Crippen LogP contribution < -0.4 is 4.90 Å². The Balaban J connectivity index is 1.94. The Morgan fingerprint density at radius 2 is 1.96 bits per heavy atom. The number of imidazole rings is 1. The smallest absolute Gasteiger partial charge is 0.321 e. The molecule has 0 saturated heterocycles. The van der Waals surface area contributed by atoms with Crippen LogP contribution in [-0.4, -0.2) is 21.8 Å². The van der Waals surface area contributed by atoms with Crippen molar-refractivity contribution in [1.82, 2.24) is 9.38 Å². The standard InChI is InChI=1S/C19H14ClF3N4/c1-12-6-7-13(11-14(12)20)26-10-4-8-24-18(26)16-17(19(21,22)23)25-15-5-2-3-9-27(15)16/h2-9,11H,10H2,1H3. The van der Waals surface area contributed by atoms with Gasteiger partial charge in [0.2, 0.25) is 0 Å². The van der Waals surface area contributed by atoms with E-state index >= 15 is 0 Å². The molecule has 27 heavy (non-hydrogen) atoms. The van der Waals surface area contributed by atoms with Gasteiger partial charge in [-0.15, -0.1) is 0 Å². The van der Waals surface area contributed by atoms with Gasteiger partial charge < -0.3 is 4.90 Å². The molecular weight excluding hydrogens is 377 g/mol. The maximum atomic E-state index is 13.7. The lowest BCUT2D eigenvalue weighted by molar-refractivity contribution is -0.140. The molecule has 0 radical (unpaired) electrons. The molecule has 3 aromatic rings. The van der Waals surface area contributed by atoms with E-state index in [4.69, 9.17) is 11.6 Å². The zero-order valence-electron chi connectivity index (χ0n) is 14.2. The molecule has 0 fully saturated rings. The Morgan fingerprint density at radius 1 is 1.15 bits per heavy atom. The number of nitrogens with zero attached hydrogens (tertiary/aromatic N) is 4. The van der Waals surface area contributed by atoms with Crippen LogP contribution in [-0.2, 0) is 6.18 Å². The summed E-state index contributed by atoms with van der Waals surface area (Å²) >= 11 is 6.22. The van der Waals surface area contributed by atoms with Crippen LogP contribution in [0.5, 0.6) is 0 Å². The zero-order valence-corrected chi connectivity index (χ0v) is 15.0. The van der Waals surface area contributed by atoms with Crippen molar-refractivity contribution in [3.05, 3.63) is 76.8 Å². The highest BCUT2D eigenvalue weighted by Crippen LogP contribution is 2.34. The highest BCUT2D eigenvalue weighted by molar-refractivity contribution is 6.31. The van der Waals surface area contributed by atoms with Crippen LogP contribution in [0.25, 0.3) is 5.65 Å². The quantitative estimate of drug-likeness (QED) is 0.610. The second-order valence-corrected chi connectivity index (χ2v) is 6.52. The van der Waals surface area contributed by atoms with Gasteiger partial charge in [-0.3, -0.25) is 4.40 Å². The van der Waals surface area contributed by atoms with Gasteiger partial charge in [0.25, 0.3) is 0 Å². The third kappa shape index (κ3) is 3.08. The third-order valence-electron chi connectivity index (χ3n) is 4.32. The lowest BCUT2D eigenvalue weighted by Crippen LogP contribution is -2.35. The number of rotatable bonds is 2. The Morgan fingerprint density at radius 3 is 2.70 bits per heavy atom. The van der Waals surface area contributed by atoms with E-state index in [1.165, 1.54) is 16.7 Å². The predicted octanol–water partition coefficient (Wildman–Crippen LogP) is 5.10. The van der Waals surface area contributed by atoms with Crippen molar-refractivity contribution >= 4 is 28.8 Å². The van der Waals surface area contributed by atoms with E-state index in [2.05, 4.69) is 9.98 Å². The molecule has 4 rings (SSSR count). The van der Waals surface area contributed by atoms with Crippen LogP contribution in [0.1, 0.15) is 17.0 Å². The topological polar surface area (TPSA) is 32.9 Å². The predicted molar refractivity (Wildman–Crippen MR) is 99.4 cm³/mol. The lowest BCUT2D eigenvalue weighted by atomic mass is 10.1. The summed E-state index contributed by atoms with van der Waals surface area (Å²) < 4.78 is 42.5. The Labute approximate surface area is 158 Å². The van der Waals surface area contributed by atoms with Crippen LogP contribution in [0.3, 0.4) is 0 Å². The van der Waals surface area contributed by atoms with Crippen LogP contribution in [0, 0.1) is 6.92 Å². The van der Waals surface area contributed by atoms with E-state index in [-0.39, 0.29) is 17.2 Å².